The van der Waals surface area contributed by atoms with E-state index in [2.05, 4.69) is 31.2 Å². The fourth-order valence-electron chi connectivity index (χ4n) is 1.97. The molecule has 0 aliphatic carbocycles. The molecule has 0 spiro atoms. The van der Waals surface area contributed by atoms with Gasteiger partial charge in [-0.3, -0.25) is 4.98 Å². The van der Waals surface area contributed by atoms with Crippen LogP contribution in [0.5, 0.6) is 0 Å². The molecule has 21 heavy (non-hydrogen) atoms. The van der Waals surface area contributed by atoms with Crippen molar-refractivity contribution in [1.82, 2.24) is 9.97 Å². The molecule has 6 heteroatoms. The summed E-state index contributed by atoms with van der Waals surface area (Å²) >= 11 is 3.39. The van der Waals surface area contributed by atoms with Crippen molar-refractivity contribution < 1.29 is 9.90 Å². The number of carboxylic acids is 1. The van der Waals surface area contributed by atoms with Crippen LogP contribution in [0.3, 0.4) is 0 Å². The number of hydrogen-bond acceptors (Lipinski definition) is 4. The molecule has 0 bridgehead atoms. The number of hydrogen-bond donors (Lipinski definition) is 2. The lowest BCUT2D eigenvalue weighted by molar-refractivity contribution is 0.0696. The molecule has 3 rings (SSSR count). The van der Waals surface area contributed by atoms with E-state index in [0.29, 0.717) is 5.82 Å². The Kier molecular flexibility index (Phi) is 3.53. The number of benzene rings is 1. The van der Waals surface area contributed by atoms with Crippen molar-refractivity contribution in [2.24, 2.45) is 0 Å². The maximum absolute atomic E-state index is 10.8. The lowest BCUT2D eigenvalue weighted by Crippen LogP contribution is -1.99. The van der Waals surface area contributed by atoms with Gasteiger partial charge >= 0.3 is 5.97 Å². The largest absolute Gasteiger partial charge is 0.478 e. The zero-order valence-electron chi connectivity index (χ0n) is 10.7. The van der Waals surface area contributed by atoms with Crippen LogP contribution in [0.15, 0.2) is 53.3 Å². The summed E-state index contributed by atoms with van der Waals surface area (Å²) in [7, 11) is 0. The third-order valence-corrected chi connectivity index (χ3v) is 3.38. The molecule has 0 radical (unpaired) electrons. The molecule has 3 aromatic rings. The Balaban J connectivity index is 1.96. The first-order chi connectivity index (χ1) is 10.1. The number of halogens is 1. The van der Waals surface area contributed by atoms with Crippen LogP contribution in [0, 0.1) is 0 Å². The van der Waals surface area contributed by atoms with Crippen LogP contribution >= 0.6 is 15.9 Å². The van der Waals surface area contributed by atoms with Crippen molar-refractivity contribution in [2.45, 2.75) is 0 Å². The summed E-state index contributed by atoms with van der Waals surface area (Å²) in [6.07, 6.45) is 3.05. The monoisotopic (exact) mass is 343 g/mol. The quantitative estimate of drug-likeness (QED) is 0.755. The number of nitrogens with one attached hydrogen (secondary N) is 1. The first kappa shape index (κ1) is 13.5. The van der Waals surface area contributed by atoms with Crippen molar-refractivity contribution >= 4 is 44.3 Å². The average molecular weight is 344 g/mol. The van der Waals surface area contributed by atoms with Crippen LogP contribution in [0.4, 0.5) is 11.5 Å². The van der Waals surface area contributed by atoms with Gasteiger partial charge in [-0.2, -0.15) is 0 Å². The Labute approximate surface area is 128 Å². The summed E-state index contributed by atoms with van der Waals surface area (Å²) in [5.74, 6) is -0.428. The molecule has 2 heterocycles. The summed E-state index contributed by atoms with van der Waals surface area (Å²) in [5, 5.41) is 13.0. The molecule has 5 nitrogen and oxygen atoms in total. The maximum Gasteiger partial charge on any atom is 0.337 e. The number of carbonyl (C=O) groups is 1. The first-order valence-electron chi connectivity index (χ1n) is 6.14. The van der Waals surface area contributed by atoms with E-state index in [1.54, 1.807) is 12.3 Å². The highest BCUT2D eigenvalue weighted by Gasteiger charge is 2.06. The van der Waals surface area contributed by atoms with E-state index < -0.39 is 5.97 Å². The fraction of sp³-hybridized carbons (Fsp3) is 0. The molecule has 0 saturated carbocycles. The number of rotatable bonds is 3. The van der Waals surface area contributed by atoms with Crippen molar-refractivity contribution in [2.75, 3.05) is 5.32 Å². The molecule has 0 fully saturated rings. The summed E-state index contributed by atoms with van der Waals surface area (Å²) in [4.78, 5) is 19.3. The average Bonchev–Trinajstić information content (AvgIpc) is 2.47. The van der Waals surface area contributed by atoms with Gasteiger partial charge in [-0.15, -0.1) is 0 Å². The Morgan fingerprint density at radius 1 is 1.14 bits per heavy atom. The fourth-order valence-corrected chi connectivity index (χ4v) is 2.32. The van der Waals surface area contributed by atoms with Crippen molar-refractivity contribution in [3.8, 4) is 0 Å². The highest BCUT2D eigenvalue weighted by molar-refractivity contribution is 9.10. The van der Waals surface area contributed by atoms with Gasteiger partial charge in [-0.1, -0.05) is 12.1 Å². The van der Waals surface area contributed by atoms with Crippen LogP contribution in [-0.2, 0) is 0 Å². The van der Waals surface area contributed by atoms with Gasteiger partial charge in [0.05, 0.1) is 16.8 Å². The van der Waals surface area contributed by atoms with E-state index >= 15 is 0 Å². The van der Waals surface area contributed by atoms with Gasteiger partial charge in [0.15, 0.2) is 0 Å². The molecule has 0 atom stereocenters. The van der Waals surface area contributed by atoms with Crippen molar-refractivity contribution in [1.29, 1.82) is 0 Å². The minimum absolute atomic E-state index is 0.153. The lowest BCUT2D eigenvalue weighted by Gasteiger charge is -2.08. The molecule has 2 N–H and O–H groups in total. The number of para-hydroxylation sites is 1. The van der Waals surface area contributed by atoms with Gasteiger partial charge in [0.2, 0.25) is 0 Å². The predicted octanol–water partition coefficient (Wildman–Crippen LogP) is 3.83. The molecule has 0 unspecified atom stereocenters. The van der Waals surface area contributed by atoms with Crippen molar-refractivity contribution in [3.63, 3.8) is 0 Å². The van der Waals surface area contributed by atoms with Crippen LogP contribution < -0.4 is 5.32 Å². The molecular weight excluding hydrogens is 334 g/mol. The maximum atomic E-state index is 10.8. The van der Waals surface area contributed by atoms with Gasteiger partial charge in [-0.25, -0.2) is 9.78 Å². The number of carboxylic acid groups (broad SMARTS) is 1. The molecular formula is C15H10BrN3O2. The predicted molar refractivity (Wildman–Crippen MR) is 83.9 cm³/mol. The number of fused-ring (bicyclic) bond motifs is 1. The van der Waals surface area contributed by atoms with Gasteiger partial charge < -0.3 is 10.4 Å². The molecule has 104 valence electrons. The summed E-state index contributed by atoms with van der Waals surface area (Å²) in [5.41, 5.74) is 1.79. The molecule has 0 aliphatic heterocycles. The number of aromatic carboxylic acids is 1. The molecule has 1 aromatic carbocycles. The number of aromatic nitrogens is 2. The van der Waals surface area contributed by atoms with E-state index in [9.17, 15) is 4.79 Å². The number of pyridine rings is 2. The second-order valence-electron chi connectivity index (χ2n) is 4.39. The highest BCUT2D eigenvalue weighted by atomic mass is 79.9. The minimum atomic E-state index is -0.995. The van der Waals surface area contributed by atoms with Crippen molar-refractivity contribution in [3.05, 3.63) is 58.8 Å². The Morgan fingerprint density at radius 3 is 2.71 bits per heavy atom. The normalized spacial score (nSPS) is 10.5. The molecule has 0 amide bonds. The number of anilines is 2. The van der Waals surface area contributed by atoms with Crippen LogP contribution in [0.25, 0.3) is 10.9 Å². The summed E-state index contributed by atoms with van der Waals surface area (Å²) < 4.78 is 0.913. The second kappa shape index (κ2) is 5.49. The minimum Gasteiger partial charge on any atom is -0.478 e. The Bertz CT molecular complexity index is 819. The topological polar surface area (TPSA) is 75.1 Å². The van der Waals surface area contributed by atoms with Crippen LogP contribution in [0.2, 0.25) is 0 Å². The van der Waals surface area contributed by atoms with Gasteiger partial charge in [0, 0.05) is 22.3 Å². The Hall–Kier alpha value is -2.47. The molecule has 2 aromatic heterocycles. The third kappa shape index (κ3) is 2.85. The van der Waals surface area contributed by atoms with E-state index in [0.717, 1.165) is 21.1 Å². The smallest absolute Gasteiger partial charge is 0.337 e. The zero-order valence-corrected chi connectivity index (χ0v) is 12.3. The van der Waals surface area contributed by atoms with E-state index in [-0.39, 0.29) is 5.56 Å². The van der Waals surface area contributed by atoms with Gasteiger partial charge in [-0.05, 0) is 40.2 Å². The van der Waals surface area contributed by atoms with Gasteiger partial charge in [0.25, 0.3) is 0 Å². The number of nitrogens with zero attached hydrogens (tertiary/aromatic N) is 2. The second-order valence-corrected chi connectivity index (χ2v) is 5.31. The molecule has 0 saturated heterocycles. The SMILES string of the molecule is O=C(O)c1ccc(Nc2cccc3cc(Br)cnc23)nc1. The highest BCUT2D eigenvalue weighted by Crippen LogP contribution is 2.26. The summed E-state index contributed by atoms with van der Waals surface area (Å²) in [6, 6.07) is 10.9. The Morgan fingerprint density at radius 2 is 2.00 bits per heavy atom. The third-order valence-electron chi connectivity index (χ3n) is 2.95. The van der Waals surface area contributed by atoms with E-state index in [4.69, 9.17) is 5.11 Å². The first-order valence-corrected chi connectivity index (χ1v) is 6.93. The van der Waals surface area contributed by atoms with Crippen LogP contribution in [0.1, 0.15) is 10.4 Å². The van der Waals surface area contributed by atoms with Gasteiger partial charge in [0.1, 0.15) is 5.82 Å². The van der Waals surface area contributed by atoms with Crippen LogP contribution in [-0.4, -0.2) is 21.0 Å². The standard InChI is InChI=1S/C15H10BrN3O2/c16-11-6-9-2-1-3-12(14(9)18-8-11)19-13-5-4-10(7-17-13)15(20)21/h1-8H,(H,17,19)(H,20,21). The van der Waals surface area contributed by atoms with E-state index in [1.807, 2.05) is 24.3 Å². The van der Waals surface area contributed by atoms with E-state index in [1.165, 1.54) is 12.3 Å². The molecule has 0 aliphatic rings. The lowest BCUT2D eigenvalue weighted by atomic mass is 10.2. The summed E-state index contributed by atoms with van der Waals surface area (Å²) in [6.45, 7) is 0. The zero-order chi connectivity index (χ0) is 14.8.